The number of halogens is 3. The third kappa shape index (κ3) is 7.79. The highest BCUT2D eigenvalue weighted by Gasteiger charge is 2.44. The van der Waals surface area contributed by atoms with E-state index >= 15 is 0 Å². The molecule has 7 nitrogen and oxygen atoms in total. The largest absolute Gasteiger partial charge is 0.522 e. The Morgan fingerprint density at radius 3 is 1.43 bits per heavy atom. The van der Waals surface area contributed by atoms with Crippen LogP contribution in [0.15, 0.2) is 77.7 Å². The smallest absolute Gasteiger partial charge is 0.487 e. The van der Waals surface area contributed by atoms with Crippen molar-refractivity contribution >= 4 is 20.2 Å². The standard InChI is InChI=1S/C22H22O4S.CHF3O3S/c1-22(2,3)26-18-14-15-19(27(23,24)25)21(17-12-8-5-9-13-17)20(18)16-10-6-4-7-11-16;2-1(3,4)8(5,6)7/h4-15H,1-3H3,(H,23,24,25);(H,5,6,7). The lowest BCUT2D eigenvalue weighted by Crippen LogP contribution is -2.23. The van der Waals surface area contributed by atoms with Gasteiger partial charge in [-0.3, -0.25) is 9.11 Å². The minimum Gasteiger partial charge on any atom is -0.487 e. The molecule has 35 heavy (non-hydrogen) atoms. The summed E-state index contributed by atoms with van der Waals surface area (Å²) in [5.41, 5.74) is -3.47. The molecule has 12 heteroatoms. The fourth-order valence-corrected chi connectivity index (χ4v) is 3.70. The second kappa shape index (κ2) is 10.4. The van der Waals surface area contributed by atoms with E-state index in [1.807, 2.05) is 81.4 Å². The number of benzene rings is 3. The molecule has 0 saturated carbocycles. The molecule has 3 rings (SSSR count). The molecule has 0 aliphatic carbocycles. The van der Waals surface area contributed by atoms with Crippen molar-refractivity contribution in [2.24, 2.45) is 0 Å². The Morgan fingerprint density at radius 2 is 1.09 bits per heavy atom. The first-order chi connectivity index (χ1) is 15.9. The van der Waals surface area contributed by atoms with Crippen molar-refractivity contribution in [2.45, 2.75) is 36.8 Å². The molecule has 0 heterocycles. The summed E-state index contributed by atoms with van der Waals surface area (Å²) in [4.78, 5) is -0.145. The van der Waals surface area contributed by atoms with E-state index in [-0.39, 0.29) is 4.90 Å². The maximum Gasteiger partial charge on any atom is 0.522 e. The van der Waals surface area contributed by atoms with Gasteiger partial charge in [0, 0.05) is 11.1 Å². The van der Waals surface area contributed by atoms with E-state index in [9.17, 15) is 26.1 Å². The predicted molar refractivity (Wildman–Crippen MR) is 125 cm³/mol. The fraction of sp³-hybridized carbons (Fsp3) is 0.217. The highest BCUT2D eigenvalue weighted by molar-refractivity contribution is 7.86. The highest BCUT2D eigenvalue weighted by Crippen LogP contribution is 2.44. The Kier molecular flexibility index (Phi) is 8.38. The van der Waals surface area contributed by atoms with Gasteiger partial charge in [-0.15, -0.1) is 0 Å². The molecule has 0 atom stereocenters. The Bertz CT molecular complexity index is 1360. The SMILES string of the molecule is CC(C)(C)Oc1ccc(S(=O)(=O)O)c(-c2ccccc2)c1-c1ccccc1.O=S(=O)(O)C(F)(F)F. The second-order valence-corrected chi connectivity index (χ2v) is 11.0. The van der Waals surface area contributed by atoms with Gasteiger partial charge in [0.1, 0.15) is 16.2 Å². The molecule has 0 aromatic heterocycles. The summed E-state index contributed by atoms with van der Waals surface area (Å²) in [6.45, 7) is 5.79. The average Bonchev–Trinajstić information content (AvgIpc) is 2.72. The summed E-state index contributed by atoms with van der Waals surface area (Å²) >= 11 is 0. The molecule has 0 amide bonds. The van der Waals surface area contributed by atoms with Crippen molar-refractivity contribution in [3.8, 4) is 28.0 Å². The average molecular weight is 533 g/mol. The number of alkyl halides is 3. The first kappa shape index (κ1) is 28.3. The Balaban J connectivity index is 0.000000466. The van der Waals surface area contributed by atoms with E-state index in [1.165, 1.54) is 6.07 Å². The zero-order valence-corrected chi connectivity index (χ0v) is 20.4. The zero-order valence-electron chi connectivity index (χ0n) is 18.8. The summed E-state index contributed by atoms with van der Waals surface area (Å²) in [6.07, 6.45) is 0. The van der Waals surface area contributed by atoms with Crippen molar-refractivity contribution in [2.75, 3.05) is 0 Å². The van der Waals surface area contributed by atoms with Crippen LogP contribution in [0.5, 0.6) is 5.75 Å². The van der Waals surface area contributed by atoms with Crippen LogP contribution in [0.3, 0.4) is 0 Å². The van der Waals surface area contributed by atoms with Crippen LogP contribution in [0.1, 0.15) is 20.8 Å². The van der Waals surface area contributed by atoms with Crippen molar-refractivity contribution < 1.29 is 43.8 Å². The van der Waals surface area contributed by atoms with Gasteiger partial charge in [0.2, 0.25) is 0 Å². The van der Waals surface area contributed by atoms with Crippen LogP contribution in [-0.2, 0) is 20.2 Å². The monoisotopic (exact) mass is 532 g/mol. The molecular weight excluding hydrogens is 509 g/mol. The maximum atomic E-state index is 12.1. The van der Waals surface area contributed by atoms with E-state index in [0.717, 1.165) is 5.56 Å². The number of ether oxygens (including phenoxy) is 1. The van der Waals surface area contributed by atoms with Crippen LogP contribution >= 0.6 is 0 Å². The highest BCUT2D eigenvalue weighted by atomic mass is 32.2. The van der Waals surface area contributed by atoms with Crippen molar-refractivity contribution in [3.05, 3.63) is 72.8 Å². The van der Waals surface area contributed by atoms with Gasteiger partial charge >= 0.3 is 15.6 Å². The van der Waals surface area contributed by atoms with Crippen LogP contribution in [0.2, 0.25) is 0 Å². The topological polar surface area (TPSA) is 118 Å². The fourth-order valence-electron chi connectivity index (χ4n) is 2.98. The number of rotatable bonds is 4. The Hall–Kier alpha value is -2.93. The lowest BCUT2D eigenvalue weighted by molar-refractivity contribution is -0.0510. The van der Waals surface area contributed by atoms with Crippen molar-refractivity contribution in [1.29, 1.82) is 0 Å². The second-order valence-electron chi connectivity index (χ2n) is 8.15. The van der Waals surface area contributed by atoms with Crippen LogP contribution in [0.4, 0.5) is 13.2 Å². The molecule has 0 bridgehead atoms. The van der Waals surface area contributed by atoms with E-state index < -0.39 is 31.3 Å². The van der Waals surface area contributed by atoms with Gasteiger partial charge in [0.05, 0.1) is 0 Å². The molecule has 0 aliphatic rings. The van der Waals surface area contributed by atoms with Crippen LogP contribution in [0, 0.1) is 0 Å². The van der Waals surface area contributed by atoms with Gasteiger partial charge in [-0.1, -0.05) is 60.7 Å². The van der Waals surface area contributed by atoms with Crippen LogP contribution in [0.25, 0.3) is 22.3 Å². The van der Waals surface area contributed by atoms with Gasteiger partial charge < -0.3 is 4.74 Å². The summed E-state index contributed by atoms with van der Waals surface area (Å²) in [5.74, 6) is 0.556. The molecular formula is C23H23F3O7S2. The molecule has 0 fully saturated rings. The first-order valence-electron chi connectivity index (χ1n) is 9.90. The van der Waals surface area contributed by atoms with Crippen molar-refractivity contribution in [3.63, 3.8) is 0 Å². The molecule has 0 radical (unpaired) electrons. The van der Waals surface area contributed by atoms with E-state index in [0.29, 0.717) is 22.4 Å². The number of hydrogen-bond donors (Lipinski definition) is 2. The molecule has 2 N–H and O–H groups in total. The van der Waals surface area contributed by atoms with Gasteiger partial charge in [-0.2, -0.15) is 30.0 Å². The third-order valence-electron chi connectivity index (χ3n) is 4.24. The predicted octanol–water partition coefficient (Wildman–Crippen LogP) is 5.84. The normalized spacial score (nSPS) is 12.5. The number of hydrogen-bond acceptors (Lipinski definition) is 5. The van der Waals surface area contributed by atoms with E-state index in [1.54, 1.807) is 6.07 Å². The summed E-state index contributed by atoms with van der Waals surface area (Å²) in [5, 5.41) is 0. The summed E-state index contributed by atoms with van der Waals surface area (Å²) in [7, 11) is -10.3. The maximum absolute atomic E-state index is 12.1. The van der Waals surface area contributed by atoms with Gasteiger partial charge in [-0.05, 0) is 44.0 Å². The molecule has 3 aromatic rings. The third-order valence-corrected chi connectivity index (χ3v) is 5.72. The van der Waals surface area contributed by atoms with Crippen LogP contribution < -0.4 is 4.74 Å². The van der Waals surface area contributed by atoms with E-state index in [4.69, 9.17) is 17.7 Å². The van der Waals surface area contributed by atoms with Crippen LogP contribution in [-0.4, -0.2) is 37.1 Å². The lowest BCUT2D eigenvalue weighted by atomic mass is 9.93. The molecule has 0 unspecified atom stereocenters. The minimum atomic E-state index is -5.84. The Labute approximate surface area is 201 Å². The van der Waals surface area contributed by atoms with Gasteiger partial charge in [0.25, 0.3) is 10.1 Å². The Morgan fingerprint density at radius 1 is 0.686 bits per heavy atom. The zero-order chi connectivity index (χ0) is 26.7. The van der Waals surface area contributed by atoms with Gasteiger partial charge in [0.15, 0.2) is 0 Å². The minimum absolute atomic E-state index is 0.145. The summed E-state index contributed by atoms with van der Waals surface area (Å²) < 4.78 is 97.8. The first-order valence-corrected chi connectivity index (χ1v) is 12.8. The van der Waals surface area contributed by atoms with Crippen molar-refractivity contribution in [1.82, 2.24) is 0 Å². The van der Waals surface area contributed by atoms with Gasteiger partial charge in [-0.25, -0.2) is 0 Å². The lowest BCUT2D eigenvalue weighted by Gasteiger charge is -2.25. The molecule has 0 aliphatic heterocycles. The summed E-state index contributed by atoms with van der Waals surface area (Å²) in [6, 6.07) is 21.6. The molecule has 0 spiro atoms. The molecule has 3 aromatic carbocycles. The molecule has 190 valence electrons. The molecule has 0 saturated heterocycles. The quantitative estimate of drug-likeness (QED) is 0.320. The van der Waals surface area contributed by atoms with E-state index in [2.05, 4.69) is 0 Å².